The zero-order valence-electron chi connectivity index (χ0n) is 8.50. The first-order valence-corrected chi connectivity index (χ1v) is 4.48. The van der Waals surface area contributed by atoms with Gasteiger partial charge in [0.2, 0.25) is 0 Å². The lowest BCUT2D eigenvalue weighted by Gasteiger charge is -1.97. The van der Waals surface area contributed by atoms with E-state index < -0.39 is 0 Å². The van der Waals surface area contributed by atoms with Gasteiger partial charge in [-0.25, -0.2) is 0 Å². The van der Waals surface area contributed by atoms with Gasteiger partial charge in [0.15, 0.2) is 5.78 Å². The number of carbonyl (C=O) groups excluding carboxylic acids is 1. The zero-order valence-corrected chi connectivity index (χ0v) is 8.50. The fraction of sp³-hybridized carbons (Fsp3) is 0.364. The van der Waals surface area contributed by atoms with Gasteiger partial charge in [-0.3, -0.25) is 4.79 Å². The van der Waals surface area contributed by atoms with E-state index in [0.29, 0.717) is 11.3 Å². The number of ketones is 1. The number of anilines is 1. The second-order valence-corrected chi connectivity index (χ2v) is 2.85. The second kappa shape index (κ2) is 6.23. The Hall–Kier alpha value is -1.31. The molecule has 0 heterocycles. The Bertz CT molecular complexity index is 269. The van der Waals surface area contributed by atoms with Crippen LogP contribution in [0.3, 0.4) is 0 Å². The fourth-order valence-corrected chi connectivity index (χ4v) is 0.818. The van der Waals surface area contributed by atoms with Crippen molar-refractivity contribution in [1.29, 1.82) is 0 Å². The van der Waals surface area contributed by atoms with Crippen molar-refractivity contribution in [2.24, 2.45) is 0 Å². The molecule has 0 fully saturated rings. The van der Waals surface area contributed by atoms with Crippen molar-refractivity contribution >= 4 is 11.5 Å². The standard InChI is InChI=1S/C8H9NO.C3H8/c1-6(10)7-4-2-3-5-8(7)9;1-3-2/h2-5H,9H2,1H3;3H2,1-2H3. The summed E-state index contributed by atoms with van der Waals surface area (Å²) in [5.74, 6) is 0.0121. The van der Waals surface area contributed by atoms with Crippen LogP contribution in [0.25, 0.3) is 0 Å². The quantitative estimate of drug-likeness (QED) is 0.532. The molecule has 1 aromatic carbocycles. The molecule has 0 aliphatic heterocycles. The molecule has 0 aliphatic carbocycles. The second-order valence-electron chi connectivity index (χ2n) is 2.85. The van der Waals surface area contributed by atoms with Crippen LogP contribution < -0.4 is 5.73 Å². The number of Topliss-reactive ketones (excluding diaryl/α,β-unsaturated/α-hetero) is 1. The van der Waals surface area contributed by atoms with Crippen molar-refractivity contribution in [3.8, 4) is 0 Å². The van der Waals surface area contributed by atoms with Crippen molar-refractivity contribution < 1.29 is 4.79 Å². The van der Waals surface area contributed by atoms with Crippen LogP contribution in [0.15, 0.2) is 24.3 Å². The van der Waals surface area contributed by atoms with Gasteiger partial charge in [0, 0.05) is 11.3 Å². The predicted octanol–water partition coefficient (Wildman–Crippen LogP) is 2.89. The minimum absolute atomic E-state index is 0.0121. The first-order valence-electron chi connectivity index (χ1n) is 4.48. The van der Waals surface area contributed by atoms with Gasteiger partial charge in [-0.15, -0.1) is 0 Å². The van der Waals surface area contributed by atoms with Crippen molar-refractivity contribution in [2.45, 2.75) is 27.2 Å². The molecule has 0 bridgehead atoms. The highest BCUT2D eigenvalue weighted by molar-refractivity contribution is 5.98. The first-order chi connectivity index (χ1) is 6.13. The summed E-state index contributed by atoms with van der Waals surface area (Å²) < 4.78 is 0. The summed E-state index contributed by atoms with van der Waals surface area (Å²) in [4.78, 5) is 10.8. The third-order valence-corrected chi connectivity index (χ3v) is 1.34. The molecule has 0 radical (unpaired) electrons. The number of carbonyl (C=O) groups is 1. The highest BCUT2D eigenvalue weighted by atomic mass is 16.1. The molecular weight excluding hydrogens is 162 g/mol. The Morgan fingerprint density at radius 2 is 1.77 bits per heavy atom. The van der Waals surface area contributed by atoms with Crippen molar-refractivity contribution in [3.63, 3.8) is 0 Å². The molecule has 72 valence electrons. The van der Waals surface area contributed by atoms with Gasteiger partial charge in [0.25, 0.3) is 0 Å². The summed E-state index contributed by atoms with van der Waals surface area (Å²) in [6.07, 6.45) is 1.25. The molecule has 13 heavy (non-hydrogen) atoms. The summed E-state index contributed by atoms with van der Waals surface area (Å²) in [5.41, 5.74) is 6.65. The normalized spacial score (nSPS) is 8.54. The van der Waals surface area contributed by atoms with E-state index >= 15 is 0 Å². The van der Waals surface area contributed by atoms with Crippen LogP contribution >= 0.6 is 0 Å². The number of hydrogen-bond donors (Lipinski definition) is 1. The van der Waals surface area contributed by atoms with Crippen molar-refractivity contribution in [2.75, 3.05) is 5.73 Å². The molecule has 0 saturated carbocycles. The topological polar surface area (TPSA) is 43.1 Å². The van der Waals surface area contributed by atoms with Crippen molar-refractivity contribution in [1.82, 2.24) is 0 Å². The SMILES string of the molecule is CC(=O)c1ccccc1N.CCC. The van der Waals surface area contributed by atoms with E-state index in [-0.39, 0.29) is 5.78 Å². The van der Waals surface area contributed by atoms with Crippen molar-refractivity contribution in [3.05, 3.63) is 29.8 Å². The van der Waals surface area contributed by atoms with Gasteiger partial charge >= 0.3 is 0 Å². The van der Waals surface area contributed by atoms with Gasteiger partial charge in [-0.05, 0) is 19.1 Å². The third kappa shape index (κ3) is 4.31. The molecule has 0 spiro atoms. The highest BCUT2D eigenvalue weighted by Gasteiger charge is 2.00. The van der Waals surface area contributed by atoms with Gasteiger partial charge in [-0.2, -0.15) is 0 Å². The van der Waals surface area contributed by atoms with E-state index in [1.165, 1.54) is 13.3 Å². The largest absolute Gasteiger partial charge is 0.398 e. The molecule has 2 heteroatoms. The fourth-order valence-electron chi connectivity index (χ4n) is 0.818. The lowest BCUT2D eigenvalue weighted by Crippen LogP contribution is -1.97. The number of para-hydroxylation sites is 1. The Kier molecular flexibility index (Phi) is 5.60. The third-order valence-electron chi connectivity index (χ3n) is 1.34. The van der Waals surface area contributed by atoms with Crippen LogP contribution in [-0.2, 0) is 0 Å². The van der Waals surface area contributed by atoms with Crippen LogP contribution in [0, 0.1) is 0 Å². The average molecular weight is 179 g/mol. The van der Waals surface area contributed by atoms with Crippen LogP contribution in [0.4, 0.5) is 5.69 Å². The molecule has 2 nitrogen and oxygen atoms in total. The molecule has 0 unspecified atom stereocenters. The number of rotatable bonds is 1. The van der Waals surface area contributed by atoms with E-state index in [4.69, 9.17) is 5.73 Å². The summed E-state index contributed by atoms with van der Waals surface area (Å²) in [5, 5.41) is 0. The number of hydrogen-bond acceptors (Lipinski definition) is 2. The first kappa shape index (κ1) is 11.7. The monoisotopic (exact) mass is 179 g/mol. The lowest BCUT2D eigenvalue weighted by molar-refractivity contribution is 0.101. The van der Waals surface area contributed by atoms with Gasteiger partial charge in [-0.1, -0.05) is 32.4 Å². The molecule has 1 aromatic rings. The van der Waals surface area contributed by atoms with Crippen LogP contribution in [0.5, 0.6) is 0 Å². The summed E-state index contributed by atoms with van der Waals surface area (Å²) in [7, 11) is 0. The molecule has 0 aromatic heterocycles. The molecule has 0 aliphatic rings. The average Bonchev–Trinajstić information content (AvgIpc) is 2.06. The number of benzene rings is 1. The zero-order chi connectivity index (χ0) is 10.3. The van der Waals surface area contributed by atoms with E-state index in [2.05, 4.69) is 13.8 Å². The lowest BCUT2D eigenvalue weighted by atomic mass is 10.1. The number of nitrogens with two attached hydrogens (primary N) is 1. The van der Waals surface area contributed by atoms with Gasteiger partial charge in [0.05, 0.1) is 0 Å². The minimum atomic E-state index is 0.0121. The molecular formula is C11H17NO. The summed E-state index contributed by atoms with van der Waals surface area (Å²) in [6, 6.07) is 7.04. The molecule has 0 saturated heterocycles. The molecule has 0 atom stereocenters. The Morgan fingerprint density at radius 3 is 2.08 bits per heavy atom. The van der Waals surface area contributed by atoms with Crippen LogP contribution in [0.1, 0.15) is 37.6 Å². The van der Waals surface area contributed by atoms with Crippen LogP contribution in [-0.4, -0.2) is 5.78 Å². The van der Waals surface area contributed by atoms with E-state index in [1.54, 1.807) is 18.2 Å². The predicted molar refractivity (Wildman–Crippen MR) is 56.8 cm³/mol. The highest BCUT2D eigenvalue weighted by Crippen LogP contribution is 2.09. The van der Waals surface area contributed by atoms with E-state index in [0.717, 1.165) is 0 Å². The minimum Gasteiger partial charge on any atom is -0.398 e. The molecule has 0 amide bonds. The Labute approximate surface area is 79.8 Å². The van der Waals surface area contributed by atoms with Gasteiger partial charge < -0.3 is 5.73 Å². The van der Waals surface area contributed by atoms with Crippen LogP contribution in [0.2, 0.25) is 0 Å². The maximum absolute atomic E-state index is 10.8. The maximum Gasteiger partial charge on any atom is 0.161 e. The van der Waals surface area contributed by atoms with E-state index in [1.807, 2.05) is 6.07 Å². The summed E-state index contributed by atoms with van der Waals surface area (Å²) >= 11 is 0. The number of nitrogen functional groups attached to an aromatic ring is 1. The van der Waals surface area contributed by atoms with E-state index in [9.17, 15) is 4.79 Å². The molecule has 2 N–H and O–H groups in total. The Balaban J connectivity index is 0.000000424. The smallest absolute Gasteiger partial charge is 0.161 e. The Morgan fingerprint density at radius 1 is 1.31 bits per heavy atom. The maximum atomic E-state index is 10.8. The van der Waals surface area contributed by atoms with Gasteiger partial charge in [0.1, 0.15) is 0 Å². The summed E-state index contributed by atoms with van der Waals surface area (Å²) in [6.45, 7) is 5.76. The molecule has 1 rings (SSSR count).